The summed E-state index contributed by atoms with van der Waals surface area (Å²) in [5, 5.41) is 14.2. The summed E-state index contributed by atoms with van der Waals surface area (Å²) >= 11 is 0. The lowest BCUT2D eigenvalue weighted by Crippen LogP contribution is -2.33. The Bertz CT molecular complexity index is 1640. The molecule has 1 amide bonds. The van der Waals surface area contributed by atoms with Gasteiger partial charge >= 0.3 is 0 Å². The number of primary amides is 1. The summed E-state index contributed by atoms with van der Waals surface area (Å²) in [6.07, 6.45) is 1.96. The van der Waals surface area contributed by atoms with Crippen LogP contribution >= 0.6 is 10.8 Å². The van der Waals surface area contributed by atoms with Crippen molar-refractivity contribution in [3.05, 3.63) is 52.4 Å². The predicted octanol–water partition coefficient (Wildman–Crippen LogP) is 2.17. The molecule has 0 atom stereocenters. The highest BCUT2D eigenvalue weighted by atomic mass is 32.3. The second kappa shape index (κ2) is 10.8. The first-order chi connectivity index (χ1) is 18.3. The van der Waals surface area contributed by atoms with Crippen LogP contribution in [-0.2, 0) is 21.5 Å². The van der Waals surface area contributed by atoms with Crippen molar-refractivity contribution >= 4 is 55.1 Å². The molecule has 3 heterocycles. The number of amidine groups is 1. The van der Waals surface area contributed by atoms with Crippen LogP contribution in [0, 0.1) is 5.92 Å². The summed E-state index contributed by atoms with van der Waals surface area (Å²) in [5.74, 6) is -1.07. The molecule has 39 heavy (non-hydrogen) atoms. The Kier molecular flexibility index (Phi) is 7.85. The SMILES string of the molecule is CC(C)CCn1c(=O)c(C2=NS(O)(O)c3cc(NS(=O)(=O)NCCC(N)=O)ccc3N2)c(O)c2cccnc21. The maximum Gasteiger partial charge on any atom is 0.299 e. The number of carbonyl (C=O) groups is 1. The summed E-state index contributed by atoms with van der Waals surface area (Å²) in [5.41, 5.74) is 4.55. The molecule has 1 aromatic carbocycles. The number of nitrogens with zero attached hydrogens (tertiary/aromatic N) is 3. The summed E-state index contributed by atoms with van der Waals surface area (Å²) in [4.78, 5) is 28.5. The Labute approximate surface area is 225 Å². The first kappa shape index (κ1) is 28.3. The molecule has 4 rings (SSSR count). The number of nitrogens with one attached hydrogen (secondary N) is 3. The fourth-order valence-corrected chi connectivity index (χ4v) is 5.99. The lowest BCUT2D eigenvalue weighted by Gasteiger charge is -2.34. The molecule has 0 aliphatic carbocycles. The molecule has 0 radical (unpaired) electrons. The molecule has 14 nitrogen and oxygen atoms in total. The minimum atomic E-state index is -4.10. The number of carbonyl (C=O) groups excluding carboxylic acids is 1. The quantitative estimate of drug-likeness (QED) is 0.187. The van der Waals surface area contributed by atoms with Gasteiger partial charge < -0.3 is 16.2 Å². The average Bonchev–Trinajstić information content (AvgIpc) is 2.83. The Hall–Kier alpha value is -3.70. The van der Waals surface area contributed by atoms with Crippen LogP contribution in [-0.4, -0.2) is 50.5 Å². The number of pyridine rings is 2. The minimum absolute atomic E-state index is 0.0172. The standard InChI is InChI=1S/C23H29N7O7S2/c1-13(2)8-11-30-22-15(4-3-9-25-22)20(32)19(23(30)33)21-27-16-6-5-14(12-17(16)38(34,35)29-21)28-39(36,37)26-10-7-18(24)31/h3-6,9,12-13,26,28,32,34-35H,7-8,10-11H2,1-2H3,(H2,24,31)(H,27,29). The van der Waals surface area contributed by atoms with Gasteiger partial charge in [0.05, 0.1) is 16.8 Å². The molecule has 210 valence electrons. The van der Waals surface area contributed by atoms with E-state index in [1.54, 1.807) is 12.1 Å². The van der Waals surface area contributed by atoms with E-state index in [-0.39, 0.29) is 57.6 Å². The number of amides is 1. The maximum absolute atomic E-state index is 13.6. The van der Waals surface area contributed by atoms with Crippen LogP contribution < -0.4 is 26.1 Å². The van der Waals surface area contributed by atoms with Crippen molar-refractivity contribution in [3.63, 3.8) is 0 Å². The monoisotopic (exact) mass is 579 g/mol. The highest BCUT2D eigenvalue weighted by Gasteiger charge is 2.31. The van der Waals surface area contributed by atoms with Crippen LogP contribution in [0.4, 0.5) is 11.4 Å². The van der Waals surface area contributed by atoms with Gasteiger partial charge in [0.15, 0.2) is 5.84 Å². The molecule has 0 saturated heterocycles. The van der Waals surface area contributed by atoms with Gasteiger partial charge in [0.25, 0.3) is 15.8 Å². The van der Waals surface area contributed by atoms with Crippen molar-refractivity contribution in [1.29, 1.82) is 0 Å². The number of hydrogen-bond donors (Lipinski definition) is 7. The van der Waals surface area contributed by atoms with Crippen molar-refractivity contribution < 1.29 is 27.4 Å². The Morgan fingerprint density at radius 1 is 1.26 bits per heavy atom. The van der Waals surface area contributed by atoms with Gasteiger partial charge in [-0.3, -0.25) is 28.0 Å². The van der Waals surface area contributed by atoms with E-state index in [9.17, 15) is 32.2 Å². The number of hydrogen-bond acceptors (Lipinski definition) is 10. The van der Waals surface area contributed by atoms with E-state index in [0.717, 1.165) is 0 Å². The molecule has 0 unspecified atom stereocenters. The second-order valence-corrected chi connectivity index (χ2v) is 12.4. The van der Waals surface area contributed by atoms with E-state index in [0.29, 0.717) is 13.0 Å². The molecular weight excluding hydrogens is 550 g/mol. The van der Waals surface area contributed by atoms with Crippen LogP contribution in [0.2, 0.25) is 0 Å². The van der Waals surface area contributed by atoms with E-state index in [1.165, 1.54) is 29.0 Å². The lowest BCUT2D eigenvalue weighted by molar-refractivity contribution is -0.117. The number of aromatic hydroxyl groups is 1. The van der Waals surface area contributed by atoms with Gasteiger partial charge in [-0.05, 0) is 42.7 Å². The second-order valence-electron chi connectivity index (χ2n) is 9.25. The number of anilines is 2. The summed E-state index contributed by atoms with van der Waals surface area (Å²) in [7, 11) is -8.03. The molecule has 0 fully saturated rings. The van der Waals surface area contributed by atoms with Crippen molar-refractivity contribution in [3.8, 4) is 5.75 Å². The molecule has 2 aromatic heterocycles. The molecular formula is C23H29N7O7S2. The molecule has 16 heteroatoms. The van der Waals surface area contributed by atoms with Crippen molar-refractivity contribution in [2.75, 3.05) is 16.6 Å². The fraction of sp³-hybridized carbons (Fsp3) is 0.304. The van der Waals surface area contributed by atoms with Crippen molar-refractivity contribution in [1.82, 2.24) is 14.3 Å². The summed E-state index contributed by atoms with van der Waals surface area (Å²) in [6, 6.07) is 7.10. The normalized spacial score (nSPS) is 15.4. The van der Waals surface area contributed by atoms with Crippen molar-refractivity contribution in [2.45, 2.75) is 38.1 Å². The predicted molar refractivity (Wildman–Crippen MR) is 149 cm³/mol. The largest absolute Gasteiger partial charge is 0.506 e. The smallest absolute Gasteiger partial charge is 0.299 e. The lowest BCUT2D eigenvalue weighted by atomic mass is 10.1. The Balaban J connectivity index is 1.72. The molecule has 0 saturated carbocycles. The van der Waals surface area contributed by atoms with Gasteiger partial charge in [-0.25, -0.2) is 4.98 Å². The van der Waals surface area contributed by atoms with E-state index in [2.05, 4.69) is 24.1 Å². The third-order valence-corrected chi connectivity index (χ3v) is 8.28. The van der Waals surface area contributed by atoms with Crippen LogP contribution in [0.5, 0.6) is 5.75 Å². The zero-order chi connectivity index (χ0) is 28.5. The minimum Gasteiger partial charge on any atom is -0.506 e. The number of benzene rings is 1. The number of aryl methyl sites for hydroxylation is 1. The third-order valence-electron chi connectivity index (χ3n) is 5.82. The fourth-order valence-electron chi connectivity index (χ4n) is 3.92. The summed E-state index contributed by atoms with van der Waals surface area (Å²) in [6.45, 7) is 4.10. The van der Waals surface area contributed by atoms with Gasteiger partial charge in [0, 0.05) is 25.7 Å². The molecule has 0 spiro atoms. The molecule has 1 aliphatic heterocycles. The maximum atomic E-state index is 13.6. The molecule has 1 aliphatic rings. The topological polar surface area (TPSA) is 221 Å². The highest BCUT2D eigenvalue weighted by Crippen LogP contribution is 2.56. The number of aromatic nitrogens is 2. The third kappa shape index (κ3) is 6.15. The number of rotatable bonds is 10. The summed E-state index contributed by atoms with van der Waals surface area (Å²) < 4.78 is 56.0. The zero-order valence-electron chi connectivity index (χ0n) is 21.1. The van der Waals surface area contributed by atoms with E-state index in [4.69, 9.17) is 5.73 Å². The van der Waals surface area contributed by atoms with Gasteiger partial charge in [-0.2, -0.15) is 13.1 Å². The Morgan fingerprint density at radius 2 is 2.00 bits per heavy atom. The first-order valence-electron chi connectivity index (χ1n) is 11.8. The molecule has 8 N–H and O–H groups in total. The van der Waals surface area contributed by atoms with Gasteiger partial charge in [0.1, 0.15) is 21.9 Å². The van der Waals surface area contributed by atoms with Crippen LogP contribution in [0.3, 0.4) is 0 Å². The van der Waals surface area contributed by atoms with E-state index < -0.39 is 38.2 Å². The number of nitrogens with two attached hydrogens (primary N) is 1. The zero-order valence-corrected chi connectivity index (χ0v) is 22.7. The highest BCUT2D eigenvalue weighted by molar-refractivity contribution is 8.23. The molecule has 0 bridgehead atoms. The average molecular weight is 580 g/mol. The van der Waals surface area contributed by atoms with E-state index in [1.807, 2.05) is 13.8 Å². The van der Waals surface area contributed by atoms with Gasteiger partial charge in [0.2, 0.25) is 5.91 Å². The first-order valence-corrected chi connectivity index (χ1v) is 14.8. The molecule has 3 aromatic rings. The van der Waals surface area contributed by atoms with Gasteiger partial charge in [-0.15, -0.1) is 4.40 Å². The van der Waals surface area contributed by atoms with Gasteiger partial charge in [-0.1, -0.05) is 24.6 Å². The van der Waals surface area contributed by atoms with Crippen LogP contribution in [0.1, 0.15) is 32.3 Å². The number of fused-ring (bicyclic) bond motifs is 2. The van der Waals surface area contributed by atoms with Crippen LogP contribution in [0.15, 0.2) is 50.6 Å². The Morgan fingerprint density at radius 3 is 2.69 bits per heavy atom. The van der Waals surface area contributed by atoms with Crippen molar-refractivity contribution in [2.24, 2.45) is 16.0 Å². The van der Waals surface area contributed by atoms with Crippen LogP contribution in [0.25, 0.3) is 11.0 Å². The van der Waals surface area contributed by atoms with E-state index >= 15 is 0 Å².